The first-order valence-corrected chi connectivity index (χ1v) is 14.9. The van der Waals surface area contributed by atoms with Crippen molar-refractivity contribution in [3.05, 3.63) is 11.3 Å². The van der Waals surface area contributed by atoms with Crippen molar-refractivity contribution in [2.45, 2.75) is 129 Å². The van der Waals surface area contributed by atoms with Crippen LogP contribution < -0.4 is 29.7 Å². The first kappa shape index (κ1) is 34.4. The van der Waals surface area contributed by atoms with Gasteiger partial charge in [0.1, 0.15) is 17.5 Å². The summed E-state index contributed by atoms with van der Waals surface area (Å²) in [6.45, 7) is 9.23. The molecule has 6 nitrogen and oxygen atoms in total. The molecule has 2 N–H and O–H groups in total. The topological polar surface area (TPSA) is 73.8 Å². The van der Waals surface area contributed by atoms with Gasteiger partial charge in [0.2, 0.25) is 0 Å². The third-order valence-corrected chi connectivity index (χ3v) is 8.36. The van der Waals surface area contributed by atoms with Crippen molar-refractivity contribution in [2.75, 3.05) is 33.5 Å². The predicted octanol–water partition coefficient (Wildman–Crippen LogP) is 3.15. The predicted molar refractivity (Wildman–Crippen MR) is 147 cm³/mol. The average Bonchev–Trinajstić information content (AvgIpc) is 2.85. The Balaban J connectivity index is 0.00000684. The van der Waals surface area contributed by atoms with Gasteiger partial charge in [-0.1, -0.05) is 90.4 Å². The van der Waals surface area contributed by atoms with Crippen LogP contribution in [0.3, 0.4) is 0 Å². The zero-order valence-electron chi connectivity index (χ0n) is 24.2. The highest BCUT2D eigenvalue weighted by molar-refractivity contribution is 6.09. The Morgan fingerprint density at radius 1 is 1.00 bits per heavy atom. The molecule has 0 spiro atoms. The van der Waals surface area contributed by atoms with Gasteiger partial charge in [0.05, 0.1) is 19.8 Å². The maximum atomic E-state index is 12.5. The van der Waals surface area contributed by atoms with Crippen molar-refractivity contribution in [3.8, 4) is 0 Å². The summed E-state index contributed by atoms with van der Waals surface area (Å²) in [5.41, 5.74) is 7.13. The number of nitrogens with two attached hydrogens (primary N) is 1. The molecule has 0 aliphatic carbocycles. The largest absolute Gasteiger partial charge is 1.00 e. The molecule has 2 heterocycles. The van der Waals surface area contributed by atoms with Crippen LogP contribution in [0.1, 0.15) is 117 Å². The van der Waals surface area contributed by atoms with Crippen molar-refractivity contribution in [2.24, 2.45) is 11.1 Å². The maximum absolute atomic E-state index is 12.5. The van der Waals surface area contributed by atoms with Gasteiger partial charge < -0.3 is 43.9 Å². The van der Waals surface area contributed by atoms with E-state index >= 15 is 0 Å². The fraction of sp³-hybridized carbons (Fsp3) is 0.867. The molecule has 37 heavy (non-hydrogen) atoms. The number of carbonyl (C=O) groups excluding carboxylic acids is 1. The van der Waals surface area contributed by atoms with Crippen LogP contribution >= 0.6 is 0 Å². The molecule has 0 saturated carbocycles. The molecule has 1 fully saturated rings. The number of unbranched alkanes of at least 4 members (excludes halogenated alkanes) is 13. The van der Waals surface area contributed by atoms with Gasteiger partial charge in [-0.25, -0.2) is 9.37 Å². The number of rotatable bonds is 20. The number of methoxy groups -OCH3 is 1. The minimum atomic E-state index is -0.539. The van der Waals surface area contributed by atoms with Crippen LogP contribution in [0.25, 0.3) is 0 Å². The lowest BCUT2D eigenvalue weighted by Crippen LogP contribution is -3.00. The first-order chi connectivity index (χ1) is 17.5. The standard InChI is InChI=1S/C30H54N2O4.HI/c1-5-7-8-9-10-11-12-13-14-15-16-17-18-19-21-35-24-30(27-20-22-36-27)25(3)32(6-2)23-26(28(30)31)29(33)34-4;/h23,25,27,31H,5-22,24H2,1-4H3;1H. The summed E-state index contributed by atoms with van der Waals surface area (Å²) in [4.78, 5) is 12.5. The Bertz CT molecular complexity index is 708. The van der Waals surface area contributed by atoms with E-state index in [0.29, 0.717) is 17.9 Å². The summed E-state index contributed by atoms with van der Waals surface area (Å²) in [5.74, 6) is -0.395. The molecule has 216 valence electrons. The fourth-order valence-electron chi connectivity index (χ4n) is 5.77. The third-order valence-electron chi connectivity index (χ3n) is 8.36. The molecule has 3 unspecified atom stereocenters. The second-order valence-electron chi connectivity index (χ2n) is 10.8. The van der Waals surface area contributed by atoms with Crippen molar-refractivity contribution >= 4 is 12.2 Å². The molecule has 0 bridgehead atoms. The van der Waals surface area contributed by atoms with E-state index in [1.165, 1.54) is 90.6 Å². The molecule has 0 amide bonds. The van der Waals surface area contributed by atoms with Gasteiger partial charge in [0, 0.05) is 18.9 Å². The quantitative estimate of drug-likeness (QED) is 0.0965. The molecule has 2 aliphatic heterocycles. The number of ether oxygens (including phenoxy) is 3. The molecule has 2 aliphatic rings. The highest BCUT2D eigenvalue weighted by Gasteiger charge is 2.57. The lowest BCUT2D eigenvalue weighted by molar-refractivity contribution is -0.577. The molecule has 1 saturated heterocycles. The number of nitrogens with zero attached hydrogens (tertiary/aromatic N) is 1. The molecular weight excluding hydrogens is 579 g/mol. The van der Waals surface area contributed by atoms with E-state index < -0.39 is 11.4 Å². The number of halogens is 1. The highest BCUT2D eigenvalue weighted by atomic mass is 127. The molecule has 2 rings (SSSR count). The van der Waals surface area contributed by atoms with E-state index in [2.05, 4.69) is 25.3 Å². The summed E-state index contributed by atoms with van der Waals surface area (Å²) < 4.78 is 19.4. The molecule has 3 atom stereocenters. The zero-order chi connectivity index (χ0) is 26.2. The normalized spacial score (nSPS) is 23.3. The van der Waals surface area contributed by atoms with Gasteiger partial charge in [-0.05, 0) is 26.7 Å². The van der Waals surface area contributed by atoms with Crippen molar-refractivity contribution in [1.82, 2.24) is 0 Å². The Kier molecular flexibility index (Phi) is 18.0. The summed E-state index contributed by atoms with van der Waals surface area (Å²) in [6, 6.07) is 0.0811. The number of hydrogen-bond donors (Lipinski definition) is 1. The number of carbonyl (C=O) groups is 1. The zero-order valence-corrected chi connectivity index (χ0v) is 26.4. The monoisotopic (exact) mass is 634 g/mol. The van der Waals surface area contributed by atoms with Crippen LogP contribution in [-0.2, 0) is 19.0 Å². The Labute approximate surface area is 244 Å². The average molecular weight is 635 g/mol. The third kappa shape index (κ3) is 10.1. The Morgan fingerprint density at radius 2 is 1.51 bits per heavy atom. The molecule has 0 aromatic carbocycles. The lowest BCUT2D eigenvalue weighted by Gasteiger charge is -2.48. The van der Waals surface area contributed by atoms with Crippen LogP contribution in [0.4, 0.5) is 0 Å². The SMILES string of the molecule is CCCCCCCCCCCCCCCCOCC1(C2CCO2)C(N)=C(C(=O)OC)C=[N+](CC)C1C.[I-]. The van der Waals surface area contributed by atoms with Crippen molar-refractivity contribution in [3.63, 3.8) is 0 Å². The minimum Gasteiger partial charge on any atom is -1.00 e. The van der Waals surface area contributed by atoms with Crippen LogP contribution in [0, 0.1) is 5.41 Å². The van der Waals surface area contributed by atoms with Crippen LogP contribution in [0.5, 0.6) is 0 Å². The second-order valence-corrected chi connectivity index (χ2v) is 10.8. The molecule has 0 radical (unpaired) electrons. The molecule has 0 aromatic rings. The fourth-order valence-corrected chi connectivity index (χ4v) is 5.77. The summed E-state index contributed by atoms with van der Waals surface area (Å²) in [6.07, 6.45) is 21.6. The van der Waals surface area contributed by atoms with E-state index in [1.54, 1.807) is 0 Å². The van der Waals surface area contributed by atoms with E-state index in [4.69, 9.17) is 19.9 Å². The van der Waals surface area contributed by atoms with Gasteiger partial charge in [-0.2, -0.15) is 0 Å². The van der Waals surface area contributed by atoms with Gasteiger partial charge in [0.15, 0.2) is 12.3 Å². The van der Waals surface area contributed by atoms with Crippen molar-refractivity contribution < 1.29 is 47.6 Å². The maximum Gasteiger partial charge on any atom is 0.345 e. The lowest BCUT2D eigenvalue weighted by atomic mass is 9.68. The van der Waals surface area contributed by atoms with E-state index in [9.17, 15) is 4.79 Å². The number of esters is 1. The Morgan fingerprint density at radius 3 is 1.95 bits per heavy atom. The van der Waals surface area contributed by atoms with Crippen LogP contribution in [0.2, 0.25) is 0 Å². The molecule has 7 heteroatoms. The smallest absolute Gasteiger partial charge is 0.345 e. The molecule has 0 aromatic heterocycles. The van der Waals surface area contributed by atoms with Crippen LogP contribution in [0.15, 0.2) is 11.3 Å². The van der Waals surface area contributed by atoms with Crippen LogP contribution in [-0.4, -0.2) is 62.4 Å². The van der Waals surface area contributed by atoms with E-state index in [1.807, 2.05) is 6.21 Å². The number of hydrogen-bond acceptors (Lipinski definition) is 5. The van der Waals surface area contributed by atoms with Gasteiger partial charge in [0.25, 0.3) is 0 Å². The highest BCUT2D eigenvalue weighted by Crippen LogP contribution is 2.44. The Hall–Kier alpha value is -0.670. The van der Waals surface area contributed by atoms with Gasteiger partial charge in [-0.15, -0.1) is 0 Å². The summed E-state index contributed by atoms with van der Waals surface area (Å²) in [5, 5.41) is 0. The van der Waals surface area contributed by atoms with Crippen molar-refractivity contribution in [1.29, 1.82) is 0 Å². The summed E-state index contributed by atoms with van der Waals surface area (Å²) in [7, 11) is 1.40. The van der Waals surface area contributed by atoms with E-state index in [0.717, 1.165) is 32.6 Å². The van der Waals surface area contributed by atoms with E-state index in [-0.39, 0.29) is 36.1 Å². The molecular formula is C30H55IN2O4. The second kappa shape index (κ2) is 19.4. The van der Waals surface area contributed by atoms with Gasteiger partial charge in [-0.3, -0.25) is 0 Å². The first-order valence-electron chi connectivity index (χ1n) is 14.9. The summed E-state index contributed by atoms with van der Waals surface area (Å²) >= 11 is 0. The van der Waals surface area contributed by atoms with Gasteiger partial charge >= 0.3 is 5.97 Å². The minimum absolute atomic E-state index is 0.